The summed E-state index contributed by atoms with van der Waals surface area (Å²) in [5.41, 5.74) is 4.96. The van der Waals surface area contributed by atoms with Crippen LogP contribution in [0, 0.1) is 6.92 Å². The molecule has 2 N–H and O–H groups in total. The lowest BCUT2D eigenvalue weighted by Crippen LogP contribution is -2.10. The predicted molar refractivity (Wildman–Crippen MR) is 105 cm³/mol. The van der Waals surface area contributed by atoms with Gasteiger partial charge in [0, 0.05) is 11.8 Å². The number of aromatic amines is 1. The third-order valence-corrected chi connectivity index (χ3v) is 3.68. The molecule has 138 valence electrons. The number of methoxy groups -OCH3 is 1. The Morgan fingerprint density at radius 3 is 2.70 bits per heavy atom. The molecule has 3 rings (SSSR count). The number of nitrogens with one attached hydrogen (secondary N) is 2. The summed E-state index contributed by atoms with van der Waals surface area (Å²) in [5.74, 6) is 1.54. The minimum atomic E-state index is -0.234. The Kier molecular flexibility index (Phi) is 5.84. The van der Waals surface area contributed by atoms with Crippen LogP contribution in [0.4, 0.5) is 5.95 Å². The number of hydrazone groups is 1. The van der Waals surface area contributed by atoms with Crippen molar-refractivity contribution in [1.82, 2.24) is 9.97 Å². The van der Waals surface area contributed by atoms with Gasteiger partial charge >= 0.3 is 0 Å². The first-order chi connectivity index (χ1) is 13.1. The Labute approximate surface area is 156 Å². The first-order valence-electron chi connectivity index (χ1n) is 8.36. The van der Waals surface area contributed by atoms with Crippen LogP contribution in [0.5, 0.6) is 11.5 Å². The van der Waals surface area contributed by atoms with Crippen LogP contribution in [0.3, 0.4) is 0 Å². The number of ether oxygens (including phenoxy) is 2. The van der Waals surface area contributed by atoms with Crippen LogP contribution in [0.25, 0.3) is 0 Å². The number of aromatic nitrogens is 2. The normalized spacial score (nSPS) is 10.7. The number of nitrogens with zero attached hydrogens (tertiary/aromatic N) is 2. The number of aryl methyl sites for hydroxylation is 1. The van der Waals surface area contributed by atoms with Crippen LogP contribution in [0.15, 0.2) is 64.5 Å². The van der Waals surface area contributed by atoms with E-state index in [1.165, 1.54) is 6.07 Å². The van der Waals surface area contributed by atoms with Gasteiger partial charge in [0.25, 0.3) is 5.56 Å². The Balaban J connectivity index is 1.67. The van der Waals surface area contributed by atoms with E-state index >= 15 is 0 Å². The molecular formula is C20H20N4O3. The van der Waals surface area contributed by atoms with E-state index < -0.39 is 0 Å². The summed E-state index contributed by atoms with van der Waals surface area (Å²) >= 11 is 0. The predicted octanol–water partition coefficient (Wildman–Crippen LogP) is 3.11. The smallest absolute Gasteiger partial charge is 0.252 e. The molecule has 0 saturated heterocycles. The highest BCUT2D eigenvalue weighted by Gasteiger charge is 2.05. The number of anilines is 1. The van der Waals surface area contributed by atoms with Gasteiger partial charge in [-0.15, -0.1) is 0 Å². The van der Waals surface area contributed by atoms with Gasteiger partial charge in [0.2, 0.25) is 5.95 Å². The van der Waals surface area contributed by atoms with Crippen molar-refractivity contribution in [3.8, 4) is 11.5 Å². The lowest BCUT2D eigenvalue weighted by Gasteiger charge is -2.11. The van der Waals surface area contributed by atoms with Crippen molar-refractivity contribution in [2.45, 2.75) is 13.5 Å². The minimum Gasteiger partial charge on any atom is -0.493 e. The van der Waals surface area contributed by atoms with Gasteiger partial charge in [-0.3, -0.25) is 9.78 Å². The molecule has 3 aromatic rings. The van der Waals surface area contributed by atoms with E-state index in [1.807, 2.05) is 48.5 Å². The average Bonchev–Trinajstić information content (AvgIpc) is 2.67. The first kappa shape index (κ1) is 18.2. The molecule has 0 atom stereocenters. The second kappa shape index (κ2) is 8.66. The highest BCUT2D eigenvalue weighted by atomic mass is 16.5. The molecule has 1 heterocycles. The monoisotopic (exact) mass is 364 g/mol. The van der Waals surface area contributed by atoms with Crippen LogP contribution in [-0.2, 0) is 6.61 Å². The fraction of sp³-hybridized carbons (Fsp3) is 0.150. The van der Waals surface area contributed by atoms with E-state index in [2.05, 4.69) is 20.5 Å². The number of hydrogen-bond donors (Lipinski definition) is 2. The van der Waals surface area contributed by atoms with E-state index in [0.717, 1.165) is 11.1 Å². The molecule has 0 aliphatic rings. The number of benzene rings is 2. The van der Waals surface area contributed by atoms with E-state index in [9.17, 15) is 4.79 Å². The average molecular weight is 364 g/mol. The molecule has 0 spiro atoms. The fourth-order valence-electron chi connectivity index (χ4n) is 2.42. The molecule has 0 bridgehead atoms. The van der Waals surface area contributed by atoms with Crippen molar-refractivity contribution in [1.29, 1.82) is 0 Å². The third-order valence-electron chi connectivity index (χ3n) is 3.68. The molecule has 0 fully saturated rings. The maximum atomic E-state index is 11.4. The van der Waals surface area contributed by atoms with Crippen molar-refractivity contribution in [3.63, 3.8) is 0 Å². The molecule has 0 unspecified atom stereocenters. The maximum Gasteiger partial charge on any atom is 0.252 e. The summed E-state index contributed by atoms with van der Waals surface area (Å²) in [4.78, 5) is 18.1. The van der Waals surface area contributed by atoms with Crippen LogP contribution in [0.1, 0.15) is 16.8 Å². The summed E-state index contributed by atoms with van der Waals surface area (Å²) in [6, 6.07) is 16.8. The zero-order valence-corrected chi connectivity index (χ0v) is 15.1. The summed E-state index contributed by atoms with van der Waals surface area (Å²) in [6.45, 7) is 2.20. The van der Waals surface area contributed by atoms with Gasteiger partial charge in [0.15, 0.2) is 11.5 Å². The molecule has 0 aliphatic heterocycles. The fourth-order valence-corrected chi connectivity index (χ4v) is 2.42. The molecule has 2 aromatic carbocycles. The molecule has 7 nitrogen and oxygen atoms in total. The van der Waals surface area contributed by atoms with Crippen molar-refractivity contribution < 1.29 is 9.47 Å². The van der Waals surface area contributed by atoms with Gasteiger partial charge in [-0.2, -0.15) is 5.10 Å². The van der Waals surface area contributed by atoms with Crippen LogP contribution in [-0.4, -0.2) is 23.3 Å². The number of rotatable bonds is 7. The van der Waals surface area contributed by atoms with Gasteiger partial charge < -0.3 is 9.47 Å². The third kappa shape index (κ3) is 5.18. The summed E-state index contributed by atoms with van der Waals surface area (Å²) in [7, 11) is 1.59. The van der Waals surface area contributed by atoms with Gasteiger partial charge in [-0.05, 0) is 36.2 Å². The second-order valence-corrected chi connectivity index (χ2v) is 5.79. The molecule has 0 saturated carbocycles. The van der Waals surface area contributed by atoms with Gasteiger partial charge in [0.1, 0.15) is 6.61 Å². The molecule has 7 heteroatoms. The molecule has 27 heavy (non-hydrogen) atoms. The Morgan fingerprint density at radius 1 is 1.15 bits per heavy atom. The molecule has 0 amide bonds. The first-order valence-corrected chi connectivity index (χ1v) is 8.36. The SMILES string of the molecule is COc1cc(/C=N/Nc2nc(C)cc(=O)[nH]2)ccc1OCc1ccccc1. The standard InChI is InChI=1S/C20H20N4O3/c1-14-10-19(25)23-20(22-14)24-21-12-16-8-9-17(18(11-16)26-2)27-13-15-6-4-3-5-7-15/h3-12H,13H2,1-2H3,(H2,22,23,24,25)/b21-12+. The molecule has 1 aromatic heterocycles. The minimum absolute atomic E-state index is 0.234. The number of H-pyrrole nitrogens is 1. The van der Waals surface area contributed by atoms with Crippen molar-refractivity contribution in [2.75, 3.05) is 12.5 Å². The van der Waals surface area contributed by atoms with E-state index in [4.69, 9.17) is 9.47 Å². The van der Waals surface area contributed by atoms with Crippen molar-refractivity contribution in [2.24, 2.45) is 5.10 Å². The lowest BCUT2D eigenvalue weighted by atomic mass is 10.2. The summed E-state index contributed by atoms with van der Waals surface area (Å²) < 4.78 is 11.2. The van der Waals surface area contributed by atoms with Crippen molar-refractivity contribution in [3.05, 3.63) is 81.8 Å². The largest absolute Gasteiger partial charge is 0.493 e. The van der Waals surface area contributed by atoms with Crippen LogP contribution < -0.4 is 20.5 Å². The Morgan fingerprint density at radius 2 is 1.96 bits per heavy atom. The molecule has 0 aliphatic carbocycles. The zero-order valence-electron chi connectivity index (χ0n) is 15.1. The molecular weight excluding hydrogens is 344 g/mol. The highest BCUT2D eigenvalue weighted by Crippen LogP contribution is 2.28. The lowest BCUT2D eigenvalue weighted by molar-refractivity contribution is 0.284. The summed E-state index contributed by atoms with van der Waals surface area (Å²) in [5, 5.41) is 4.09. The Hall–Kier alpha value is -3.61. The van der Waals surface area contributed by atoms with E-state index in [0.29, 0.717) is 23.8 Å². The number of hydrogen-bond acceptors (Lipinski definition) is 6. The topological polar surface area (TPSA) is 88.6 Å². The zero-order chi connectivity index (χ0) is 19.1. The van der Waals surface area contributed by atoms with Gasteiger partial charge in [0.05, 0.1) is 13.3 Å². The van der Waals surface area contributed by atoms with Gasteiger partial charge in [-0.1, -0.05) is 30.3 Å². The van der Waals surface area contributed by atoms with E-state index in [-0.39, 0.29) is 11.5 Å². The highest BCUT2D eigenvalue weighted by molar-refractivity contribution is 5.81. The van der Waals surface area contributed by atoms with Crippen LogP contribution >= 0.6 is 0 Å². The summed E-state index contributed by atoms with van der Waals surface area (Å²) in [6.07, 6.45) is 1.60. The maximum absolute atomic E-state index is 11.4. The van der Waals surface area contributed by atoms with Crippen LogP contribution in [0.2, 0.25) is 0 Å². The Bertz CT molecular complexity index is 984. The quantitative estimate of drug-likeness (QED) is 0.497. The van der Waals surface area contributed by atoms with Crippen molar-refractivity contribution >= 4 is 12.2 Å². The molecule has 0 radical (unpaired) electrons. The van der Waals surface area contributed by atoms with Gasteiger partial charge in [-0.25, -0.2) is 10.4 Å². The van der Waals surface area contributed by atoms with E-state index in [1.54, 1.807) is 20.2 Å². The second-order valence-electron chi connectivity index (χ2n) is 5.79.